The minimum absolute atomic E-state index is 0.00176. The third-order valence-electron chi connectivity index (χ3n) is 8.31. The third-order valence-corrected chi connectivity index (χ3v) is 9.28. The number of allylic oxidation sites excluding steroid dienone is 1. The van der Waals surface area contributed by atoms with Crippen molar-refractivity contribution in [2.24, 2.45) is 0 Å². The van der Waals surface area contributed by atoms with E-state index < -0.39 is 20.0 Å². The van der Waals surface area contributed by atoms with Crippen LogP contribution in [-0.2, 0) is 18.4 Å². The van der Waals surface area contributed by atoms with Gasteiger partial charge in [-0.15, -0.1) is 0 Å². The van der Waals surface area contributed by atoms with E-state index in [0.717, 1.165) is 19.3 Å². The lowest BCUT2D eigenvalue weighted by Gasteiger charge is -2.29. The molecule has 0 saturated carbocycles. The SMILES string of the molecule is CCCCCCCCCCCCCCCCCCCCCCC/C=C/C(O)C(COP(=O)([O-])OCC[N+](C)(C)C)NC(=O)CC. The number of unbranched alkanes of at least 4 members (excludes halogenated alkanes) is 21. The van der Waals surface area contributed by atoms with Gasteiger partial charge >= 0.3 is 0 Å². The van der Waals surface area contributed by atoms with E-state index in [1.54, 1.807) is 13.0 Å². The van der Waals surface area contributed by atoms with Crippen LogP contribution in [0.4, 0.5) is 0 Å². The van der Waals surface area contributed by atoms with Gasteiger partial charge in [0.05, 0.1) is 39.9 Å². The number of nitrogens with zero attached hydrogens (tertiary/aromatic N) is 1. The standard InChI is InChI=1S/C36H73N2O6P/c1-6-8-9-10-11-12-13-14-15-16-17-18-19-20-21-22-23-24-25-26-27-28-29-30-35(39)34(37-36(40)7-2)33-44-45(41,42)43-32-31-38(3,4)5/h29-30,34-35,39H,6-28,31-33H2,1-5H3,(H-,37,40,41,42)/b30-29+. The summed E-state index contributed by atoms with van der Waals surface area (Å²) in [6.45, 7) is 4.09. The molecule has 9 heteroatoms. The highest BCUT2D eigenvalue weighted by Crippen LogP contribution is 2.38. The van der Waals surface area contributed by atoms with Crippen molar-refractivity contribution in [2.75, 3.05) is 40.9 Å². The van der Waals surface area contributed by atoms with Crippen molar-refractivity contribution in [1.29, 1.82) is 0 Å². The van der Waals surface area contributed by atoms with Crippen LogP contribution in [0.1, 0.15) is 162 Å². The Bertz CT molecular complexity index is 758. The number of hydrogen-bond donors (Lipinski definition) is 2. The fourth-order valence-corrected chi connectivity index (χ4v) is 5.96. The number of nitrogens with one attached hydrogen (secondary N) is 1. The van der Waals surface area contributed by atoms with E-state index in [2.05, 4.69) is 12.2 Å². The minimum Gasteiger partial charge on any atom is -0.756 e. The van der Waals surface area contributed by atoms with Crippen LogP contribution >= 0.6 is 7.82 Å². The molecule has 0 aliphatic carbocycles. The molecule has 0 aromatic heterocycles. The zero-order valence-electron chi connectivity index (χ0n) is 30.1. The van der Waals surface area contributed by atoms with Gasteiger partial charge in [0.15, 0.2) is 0 Å². The molecule has 2 N–H and O–H groups in total. The summed E-state index contributed by atoms with van der Waals surface area (Å²) in [7, 11) is 1.25. The van der Waals surface area contributed by atoms with Crippen molar-refractivity contribution < 1.29 is 32.9 Å². The molecule has 3 atom stereocenters. The largest absolute Gasteiger partial charge is 0.756 e. The first-order chi connectivity index (χ1) is 21.5. The second kappa shape index (κ2) is 29.4. The first-order valence-corrected chi connectivity index (χ1v) is 20.0. The van der Waals surface area contributed by atoms with E-state index in [4.69, 9.17) is 9.05 Å². The molecule has 0 fully saturated rings. The minimum atomic E-state index is -4.54. The Hall–Kier alpha value is -0.760. The van der Waals surface area contributed by atoms with Gasteiger partial charge in [0.1, 0.15) is 13.2 Å². The van der Waals surface area contributed by atoms with Gasteiger partial charge in [0.2, 0.25) is 5.91 Å². The smallest absolute Gasteiger partial charge is 0.268 e. The van der Waals surface area contributed by atoms with Crippen molar-refractivity contribution in [3.05, 3.63) is 12.2 Å². The monoisotopic (exact) mass is 661 g/mol. The van der Waals surface area contributed by atoms with E-state index in [1.807, 2.05) is 27.2 Å². The van der Waals surface area contributed by atoms with Gasteiger partial charge in [-0.3, -0.25) is 9.36 Å². The maximum absolute atomic E-state index is 12.1. The number of rotatable bonds is 33. The Morgan fingerprint density at radius 1 is 0.756 bits per heavy atom. The van der Waals surface area contributed by atoms with Crippen LogP contribution in [0.25, 0.3) is 0 Å². The average molecular weight is 661 g/mol. The van der Waals surface area contributed by atoms with Gasteiger partial charge in [0, 0.05) is 6.42 Å². The summed E-state index contributed by atoms with van der Waals surface area (Å²) in [5, 5.41) is 13.2. The van der Waals surface area contributed by atoms with Crippen molar-refractivity contribution >= 4 is 13.7 Å². The zero-order chi connectivity index (χ0) is 33.7. The Kier molecular flexibility index (Phi) is 28.9. The molecular formula is C36H73N2O6P. The van der Waals surface area contributed by atoms with Crippen molar-refractivity contribution in [1.82, 2.24) is 5.32 Å². The molecule has 8 nitrogen and oxygen atoms in total. The van der Waals surface area contributed by atoms with Gasteiger partial charge in [-0.25, -0.2) is 0 Å². The fourth-order valence-electron chi connectivity index (χ4n) is 5.23. The van der Waals surface area contributed by atoms with Crippen LogP contribution in [0.5, 0.6) is 0 Å². The molecule has 0 radical (unpaired) electrons. The molecule has 0 aliphatic rings. The number of hydrogen-bond acceptors (Lipinski definition) is 6. The van der Waals surface area contributed by atoms with Gasteiger partial charge in [0.25, 0.3) is 7.82 Å². The van der Waals surface area contributed by atoms with Crippen LogP contribution in [0.2, 0.25) is 0 Å². The number of aliphatic hydroxyl groups excluding tert-OH is 1. The fraction of sp³-hybridized carbons (Fsp3) is 0.917. The molecule has 0 aliphatic heterocycles. The van der Waals surface area contributed by atoms with Crippen molar-refractivity contribution in [2.45, 2.75) is 174 Å². The number of phosphoric acid groups is 1. The zero-order valence-corrected chi connectivity index (χ0v) is 31.0. The van der Waals surface area contributed by atoms with Crippen molar-refractivity contribution in [3.63, 3.8) is 0 Å². The topological polar surface area (TPSA) is 108 Å². The van der Waals surface area contributed by atoms with Gasteiger partial charge < -0.3 is 28.8 Å². The molecule has 1 amide bonds. The highest BCUT2D eigenvalue weighted by molar-refractivity contribution is 7.45. The number of aliphatic hydroxyl groups is 1. The Labute approximate surface area is 278 Å². The predicted octanol–water partition coefficient (Wildman–Crippen LogP) is 8.61. The lowest BCUT2D eigenvalue weighted by atomic mass is 10.0. The van der Waals surface area contributed by atoms with Gasteiger partial charge in [-0.05, 0) is 12.8 Å². The molecule has 268 valence electrons. The lowest BCUT2D eigenvalue weighted by molar-refractivity contribution is -0.870. The lowest BCUT2D eigenvalue weighted by Crippen LogP contribution is -2.45. The van der Waals surface area contributed by atoms with E-state index in [1.165, 1.54) is 122 Å². The van der Waals surface area contributed by atoms with Crippen LogP contribution < -0.4 is 10.2 Å². The maximum Gasteiger partial charge on any atom is 0.268 e. The first-order valence-electron chi connectivity index (χ1n) is 18.6. The molecule has 0 aromatic carbocycles. The second-order valence-electron chi connectivity index (χ2n) is 13.9. The summed E-state index contributed by atoms with van der Waals surface area (Å²) in [5.41, 5.74) is 0. The summed E-state index contributed by atoms with van der Waals surface area (Å²) in [6, 6.07) is -0.877. The van der Waals surface area contributed by atoms with Crippen LogP contribution in [0, 0.1) is 0 Å². The summed E-state index contributed by atoms with van der Waals surface area (Å²) in [6.07, 6.45) is 32.1. The average Bonchev–Trinajstić information content (AvgIpc) is 2.98. The van der Waals surface area contributed by atoms with E-state index >= 15 is 0 Å². The first kappa shape index (κ1) is 44.2. The van der Waals surface area contributed by atoms with Crippen LogP contribution in [0.15, 0.2) is 12.2 Å². The molecule has 0 spiro atoms. The number of carbonyl (C=O) groups is 1. The van der Waals surface area contributed by atoms with Crippen LogP contribution in [0.3, 0.4) is 0 Å². The highest BCUT2D eigenvalue weighted by Gasteiger charge is 2.22. The van der Waals surface area contributed by atoms with Crippen LogP contribution in [-0.4, -0.2) is 68.5 Å². The van der Waals surface area contributed by atoms with E-state index in [0.29, 0.717) is 11.0 Å². The third kappa shape index (κ3) is 31.6. The molecule has 0 bridgehead atoms. The second-order valence-corrected chi connectivity index (χ2v) is 15.3. The molecule has 45 heavy (non-hydrogen) atoms. The predicted molar refractivity (Wildman–Crippen MR) is 187 cm³/mol. The number of amides is 1. The molecule has 0 rings (SSSR count). The van der Waals surface area contributed by atoms with Crippen molar-refractivity contribution in [3.8, 4) is 0 Å². The highest BCUT2D eigenvalue weighted by atomic mass is 31.2. The number of likely N-dealkylation sites (N-methyl/N-ethyl adjacent to an activating group) is 1. The van der Waals surface area contributed by atoms with E-state index in [-0.39, 0.29) is 25.5 Å². The summed E-state index contributed by atoms with van der Waals surface area (Å²) in [4.78, 5) is 24.1. The maximum atomic E-state index is 12.1. The van der Waals surface area contributed by atoms with E-state index in [9.17, 15) is 19.4 Å². The molecule has 3 unspecified atom stereocenters. The number of quaternary nitrogens is 1. The Morgan fingerprint density at radius 2 is 1.18 bits per heavy atom. The molecular weight excluding hydrogens is 587 g/mol. The number of carbonyl (C=O) groups excluding carboxylic acids is 1. The molecule has 0 aromatic rings. The Balaban J connectivity index is 3.84. The molecule has 0 heterocycles. The van der Waals surface area contributed by atoms with Gasteiger partial charge in [-0.2, -0.15) is 0 Å². The summed E-state index contributed by atoms with van der Waals surface area (Å²) < 4.78 is 22.6. The van der Waals surface area contributed by atoms with Gasteiger partial charge in [-0.1, -0.05) is 154 Å². The Morgan fingerprint density at radius 3 is 1.58 bits per heavy atom. The quantitative estimate of drug-likeness (QED) is 0.0316. The number of phosphoric ester groups is 1. The molecule has 0 saturated heterocycles. The normalized spacial score (nSPS) is 14.9. The summed E-state index contributed by atoms with van der Waals surface area (Å²) in [5.74, 6) is -0.285. The summed E-state index contributed by atoms with van der Waals surface area (Å²) >= 11 is 0.